The summed E-state index contributed by atoms with van der Waals surface area (Å²) in [5.74, 6) is -0.250. The summed E-state index contributed by atoms with van der Waals surface area (Å²) in [7, 11) is 0. The third-order valence-corrected chi connectivity index (χ3v) is 3.90. The minimum absolute atomic E-state index is 0.250. The Kier molecular flexibility index (Phi) is 3.15. The average molecular weight is 303 g/mol. The fraction of sp³-hybridized carbons (Fsp3) is 0.0526. The third-order valence-electron chi connectivity index (χ3n) is 3.90. The van der Waals surface area contributed by atoms with Crippen LogP contribution in [-0.2, 0) is 0 Å². The lowest BCUT2D eigenvalue weighted by atomic mass is 10.1. The second-order valence-corrected chi connectivity index (χ2v) is 5.54. The Hall–Kier alpha value is -3.01. The highest BCUT2D eigenvalue weighted by atomic mass is 19.1. The molecule has 0 saturated heterocycles. The van der Waals surface area contributed by atoms with Crippen molar-refractivity contribution in [3.63, 3.8) is 0 Å². The van der Waals surface area contributed by atoms with E-state index in [0.29, 0.717) is 0 Å². The third kappa shape index (κ3) is 2.48. The van der Waals surface area contributed by atoms with Gasteiger partial charge in [-0.25, -0.2) is 13.9 Å². The van der Waals surface area contributed by atoms with Gasteiger partial charge in [0.05, 0.1) is 6.20 Å². The lowest BCUT2D eigenvalue weighted by Gasteiger charge is -2.04. The Morgan fingerprint density at radius 1 is 0.826 bits per heavy atom. The zero-order chi connectivity index (χ0) is 15.8. The SMILES string of the molecule is Cc1ccc(-c2cnc3c(-c4ccc(F)cc4)cnn3c2)cc1. The fourth-order valence-electron chi connectivity index (χ4n) is 2.60. The maximum Gasteiger partial charge on any atom is 0.162 e. The summed E-state index contributed by atoms with van der Waals surface area (Å²) in [5, 5.41) is 4.38. The highest BCUT2D eigenvalue weighted by molar-refractivity contribution is 5.77. The number of nitrogens with zero attached hydrogens (tertiary/aromatic N) is 3. The van der Waals surface area contributed by atoms with Gasteiger partial charge in [-0.1, -0.05) is 42.0 Å². The van der Waals surface area contributed by atoms with Crippen LogP contribution in [0.3, 0.4) is 0 Å². The molecule has 0 spiro atoms. The molecule has 2 aromatic carbocycles. The molecule has 0 aliphatic carbocycles. The van der Waals surface area contributed by atoms with E-state index in [1.54, 1.807) is 22.8 Å². The van der Waals surface area contributed by atoms with E-state index in [1.807, 2.05) is 12.4 Å². The van der Waals surface area contributed by atoms with Crippen LogP contribution in [0.2, 0.25) is 0 Å². The molecule has 4 rings (SSSR count). The molecular weight excluding hydrogens is 289 g/mol. The number of halogens is 1. The van der Waals surface area contributed by atoms with E-state index in [2.05, 4.69) is 41.3 Å². The first-order chi connectivity index (χ1) is 11.2. The van der Waals surface area contributed by atoms with Crippen LogP contribution in [0.5, 0.6) is 0 Å². The first kappa shape index (κ1) is 13.6. The fourth-order valence-corrected chi connectivity index (χ4v) is 2.60. The Balaban J connectivity index is 1.79. The molecule has 4 heteroatoms. The molecule has 0 saturated carbocycles. The number of rotatable bonds is 2. The summed E-state index contributed by atoms with van der Waals surface area (Å²) in [4.78, 5) is 4.55. The Morgan fingerprint density at radius 3 is 2.26 bits per heavy atom. The van der Waals surface area contributed by atoms with Crippen LogP contribution in [0.1, 0.15) is 5.56 Å². The van der Waals surface area contributed by atoms with Crippen LogP contribution in [0.4, 0.5) is 4.39 Å². The molecule has 0 aliphatic rings. The smallest absolute Gasteiger partial charge is 0.162 e. The van der Waals surface area contributed by atoms with Gasteiger partial charge in [0.25, 0.3) is 0 Å². The summed E-state index contributed by atoms with van der Waals surface area (Å²) in [6, 6.07) is 14.7. The zero-order valence-electron chi connectivity index (χ0n) is 12.6. The van der Waals surface area contributed by atoms with Gasteiger partial charge in [-0.05, 0) is 30.2 Å². The molecule has 0 fully saturated rings. The van der Waals surface area contributed by atoms with Gasteiger partial charge in [0.15, 0.2) is 5.65 Å². The average Bonchev–Trinajstić information content (AvgIpc) is 2.99. The highest BCUT2D eigenvalue weighted by Gasteiger charge is 2.09. The second kappa shape index (κ2) is 5.32. The van der Waals surface area contributed by atoms with E-state index in [0.717, 1.165) is 27.9 Å². The molecule has 0 N–H and O–H groups in total. The molecule has 3 nitrogen and oxygen atoms in total. The van der Waals surface area contributed by atoms with Crippen molar-refractivity contribution in [1.82, 2.24) is 14.6 Å². The minimum atomic E-state index is -0.250. The van der Waals surface area contributed by atoms with Gasteiger partial charge >= 0.3 is 0 Å². The zero-order valence-corrected chi connectivity index (χ0v) is 12.6. The Labute approximate surface area is 133 Å². The molecule has 2 aromatic heterocycles. The van der Waals surface area contributed by atoms with Gasteiger partial charge in [-0.3, -0.25) is 0 Å². The maximum atomic E-state index is 13.1. The van der Waals surface area contributed by atoms with Crippen molar-refractivity contribution in [2.75, 3.05) is 0 Å². The summed E-state index contributed by atoms with van der Waals surface area (Å²) >= 11 is 0. The standard InChI is InChI=1S/C19H14FN3/c1-13-2-4-14(5-3-13)16-10-21-19-18(11-22-23(19)12-16)15-6-8-17(20)9-7-15/h2-12H,1H3. The summed E-state index contributed by atoms with van der Waals surface area (Å²) in [6.45, 7) is 2.06. The number of fused-ring (bicyclic) bond motifs is 1. The normalized spacial score (nSPS) is 11.0. The van der Waals surface area contributed by atoms with Crippen LogP contribution >= 0.6 is 0 Å². The Bertz CT molecular complexity index is 970. The summed E-state index contributed by atoms with van der Waals surface area (Å²) < 4.78 is 14.8. The number of aromatic nitrogens is 3. The van der Waals surface area contributed by atoms with Gasteiger partial charge in [-0.15, -0.1) is 0 Å². The van der Waals surface area contributed by atoms with Crippen LogP contribution in [-0.4, -0.2) is 14.6 Å². The van der Waals surface area contributed by atoms with Crippen LogP contribution in [0.15, 0.2) is 67.1 Å². The van der Waals surface area contributed by atoms with E-state index in [4.69, 9.17) is 0 Å². The van der Waals surface area contributed by atoms with E-state index in [1.165, 1.54) is 17.7 Å². The quantitative estimate of drug-likeness (QED) is 0.545. The summed E-state index contributed by atoms with van der Waals surface area (Å²) in [6.07, 6.45) is 5.56. The lowest BCUT2D eigenvalue weighted by molar-refractivity contribution is 0.628. The molecule has 0 unspecified atom stereocenters. The molecule has 0 atom stereocenters. The monoisotopic (exact) mass is 303 g/mol. The van der Waals surface area contributed by atoms with Crippen molar-refractivity contribution in [3.8, 4) is 22.3 Å². The van der Waals surface area contributed by atoms with Crippen molar-refractivity contribution in [1.29, 1.82) is 0 Å². The first-order valence-corrected chi connectivity index (χ1v) is 7.37. The number of hydrogen-bond donors (Lipinski definition) is 0. The molecule has 4 aromatic rings. The van der Waals surface area contributed by atoms with Crippen molar-refractivity contribution < 1.29 is 4.39 Å². The van der Waals surface area contributed by atoms with Crippen molar-refractivity contribution >= 4 is 5.65 Å². The molecule has 0 radical (unpaired) electrons. The van der Waals surface area contributed by atoms with Crippen LogP contribution < -0.4 is 0 Å². The van der Waals surface area contributed by atoms with Gasteiger partial charge in [0.2, 0.25) is 0 Å². The molecule has 112 valence electrons. The van der Waals surface area contributed by atoms with Gasteiger partial charge < -0.3 is 0 Å². The molecule has 0 amide bonds. The van der Waals surface area contributed by atoms with Gasteiger partial charge in [0.1, 0.15) is 5.82 Å². The molecule has 0 bridgehead atoms. The Morgan fingerprint density at radius 2 is 1.52 bits per heavy atom. The second-order valence-electron chi connectivity index (χ2n) is 5.54. The van der Waals surface area contributed by atoms with E-state index >= 15 is 0 Å². The first-order valence-electron chi connectivity index (χ1n) is 7.37. The van der Waals surface area contributed by atoms with E-state index in [9.17, 15) is 4.39 Å². The predicted molar refractivity (Wildman–Crippen MR) is 88.6 cm³/mol. The van der Waals surface area contributed by atoms with Crippen LogP contribution in [0.25, 0.3) is 27.9 Å². The van der Waals surface area contributed by atoms with E-state index < -0.39 is 0 Å². The van der Waals surface area contributed by atoms with Gasteiger partial charge in [-0.2, -0.15) is 5.10 Å². The molecule has 0 aliphatic heterocycles. The number of hydrogen-bond acceptors (Lipinski definition) is 2. The minimum Gasteiger partial charge on any atom is -0.236 e. The van der Waals surface area contributed by atoms with Gasteiger partial charge in [0, 0.05) is 23.5 Å². The van der Waals surface area contributed by atoms with Crippen LogP contribution in [0, 0.1) is 12.7 Å². The van der Waals surface area contributed by atoms with Crippen molar-refractivity contribution in [2.45, 2.75) is 6.92 Å². The molecular formula is C19H14FN3. The molecule has 23 heavy (non-hydrogen) atoms. The predicted octanol–water partition coefficient (Wildman–Crippen LogP) is 4.51. The largest absolute Gasteiger partial charge is 0.236 e. The lowest BCUT2D eigenvalue weighted by Crippen LogP contribution is -1.92. The maximum absolute atomic E-state index is 13.1. The number of aryl methyl sites for hydroxylation is 1. The number of benzene rings is 2. The molecule has 2 heterocycles. The van der Waals surface area contributed by atoms with E-state index in [-0.39, 0.29) is 5.82 Å². The summed E-state index contributed by atoms with van der Waals surface area (Å²) in [5.41, 5.74) is 5.88. The van der Waals surface area contributed by atoms with Crippen molar-refractivity contribution in [3.05, 3.63) is 78.5 Å². The topological polar surface area (TPSA) is 30.2 Å². The van der Waals surface area contributed by atoms with Crippen molar-refractivity contribution in [2.24, 2.45) is 0 Å². The highest BCUT2D eigenvalue weighted by Crippen LogP contribution is 2.25.